The molecule has 0 saturated carbocycles. The van der Waals surface area contributed by atoms with Crippen LogP contribution in [-0.2, 0) is 14.3 Å². The minimum Gasteiger partial charge on any atom is -0.381 e. The molecule has 2 aliphatic rings. The van der Waals surface area contributed by atoms with Gasteiger partial charge < -0.3 is 20.1 Å². The van der Waals surface area contributed by atoms with Gasteiger partial charge in [0.25, 0.3) is 0 Å². The summed E-state index contributed by atoms with van der Waals surface area (Å²) in [5, 5.41) is 6.22. The van der Waals surface area contributed by atoms with E-state index in [1.54, 1.807) is 0 Å². The molecule has 0 aromatic rings. The first kappa shape index (κ1) is 12.8. The largest absolute Gasteiger partial charge is 0.381 e. The highest BCUT2D eigenvalue weighted by molar-refractivity contribution is 5.80. The molecular weight excluding hydrogens is 220 g/mol. The summed E-state index contributed by atoms with van der Waals surface area (Å²) in [5.41, 5.74) is 0. The third-order valence-electron chi connectivity index (χ3n) is 3.83. The predicted octanol–water partition coefficient (Wildman–Crippen LogP) is -0.238. The van der Waals surface area contributed by atoms with E-state index in [4.69, 9.17) is 9.47 Å². The van der Waals surface area contributed by atoms with E-state index in [0.717, 1.165) is 19.6 Å². The molecule has 5 heteroatoms. The maximum Gasteiger partial charge on any atom is 0.227 e. The second kappa shape index (κ2) is 5.80. The molecular formula is C12H22N2O3. The van der Waals surface area contributed by atoms with E-state index in [1.165, 1.54) is 0 Å². The van der Waals surface area contributed by atoms with Gasteiger partial charge in [0.2, 0.25) is 5.91 Å². The zero-order valence-electron chi connectivity index (χ0n) is 10.6. The number of hydrogen-bond donors (Lipinski definition) is 2. The smallest absolute Gasteiger partial charge is 0.227 e. The average molecular weight is 242 g/mol. The number of likely N-dealkylation sites (N-methyl/N-ethyl adjacent to an activating group) is 1. The number of carbonyl (C=O) groups excluding carboxylic acids is 1. The maximum absolute atomic E-state index is 12.1. The van der Waals surface area contributed by atoms with Crippen molar-refractivity contribution in [2.75, 3.05) is 33.5 Å². The minimum absolute atomic E-state index is 0.0650. The van der Waals surface area contributed by atoms with Gasteiger partial charge in [0.15, 0.2) is 0 Å². The standard InChI is InChI=1S/C12H22N2O3/c1-8(9-3-4-16-5-9)14-12(15)10-6-17-7-11(10)13-2/h8-11,13H,3-7H2,1-2H3,(H,14,15). The average Bonchev–Trinajstić information content (AvgIpc) is 2.99. The second-order valence-electron chi connectivity index (χ2n) is 4.96. The lowest BCUT2D eigenvalue weighted by atomic mass is 9.98. The zero-order chi connectivity index (χ0) is 12.3. The molecule has 2 aliphatic heterocycles. The first-order valence-electron chi connectivity index (χ1n) is 6.35. The van der Waals surface area contributed by atoms with Gasteiger partial charge in [-0.15, -0.1) is 0 Å². The van der Waals surface area contributed by atoms with Gasteiger partial charge in [0.05, 0.1) is 25.7 Å². The van der Waals surface area contributed by atoms with E-state index in [1.807, 2.05) is 7.05 Å². The van der Waals surface area contributed by atoms with Gasteiger partial charge in [-0.05, 0) is 20.4 Å². The lowest BCUT2D eigenvalue weighted by Crippen LogP contribution is -2.47. The maximum atomic E-state index is 12.1. The van der Waals surface area contributed by atoms with Gasteiger partial charge in [-0.3, -0.25) is 4.79 Å². The Hall–Kier alpha value is -0.650. The molecule has 17 heavy (non-hydrogen) atoms. The highest BCUT2D eigenvalue weighted by Crippen LogP contribution is 2.18. The van der Waals surface area contributed by atoms with Crippen molar-refractivity contribution >= 4 is 5.91 Å². The molecule has 4 atom stereocenters. The molecule has 98 valence electrons. The van der Waals surface area contributed by atoms with E-state index >= 15 is 0 Å². The molecule has 2 saturated heterocycles. The van der Waals surface area contributed by atoms with Crippen molar-refractivity contribution in [3.8, 4) is 0 Å². The summed E-state index contributed by atoms with van der Waals surface area (Å²) < 4.78 is 10.7. The van der Waals surface area contributed by atoms with Gasteiger partial charge >= 0.3 is 0 Å². The molecule has 2 heterocycles. The molecule has 0 spiro atoms. The zero-order valence-corrected chi connectivity index (χ0v) is 10.6. The second-order valence-corrected chi connectivity index (χ2v) is 4.96. The van der Waals surface area contributed by atoms with Crippen LogP contribution in [0.25, 0.3) is 0 Å². The van der Waals surface area contributed by atoms with Crippen molar-refractivity contribution in [1.82, 2.24) is 10.6 Å². The molecule has 2 fully saturated rings. The highest BCUT2D eigenvalue weighted by atomic mass is 16.5. The van der Waals surface area contributed by atoms with Crippen LogP contribution in [0.3, 0.4) is 0 Å². The van der Waals surface area contributed by atoms with Crippen LogP contribution in [0, 0.1) is 11.8 Å². The van der Waals surface area contributed by atoms with Crippen LogP contribution < -0.4 is 10.6 Å². The molecule has 4 unspecified atom stereocenters. The minimum atomic E-state index is -0.0650. The van der Waals surface area contributed by atoms with Crippen LogP contribution in [0.15, 0.2) is 0 Å². The molecule has 5 nitrogen and oxygen atoms in total. The first-order valence-corrected chi connectivity index (χ1v) is 6.35. The lowest BCUT2D eigenvalue weighted by Gasteiger charge is -2.23. The summed E-state index contributed by atoms with van der Waals surface area (Å²) in [6.07, 6.45) is 1.04. The van der Waals surface area contributed by atoms with Crippen molar-refractivity contribution < 1.29 is 14.3 Å². The quantitative estimate of drug-likeness (QED) is 0.714. The lowest BCUT2D eigenvalue weighted by molar-refractivity contribution is -0.126. The third-order valence-corrected chi connectivity index (χ3v) is 3.83. The van der Waals surface area contributed by atoms with E-state index in [-0.39, 0.29) is 23.9 Å². The van der Waals surface area contributed by atoms with Crippen LogP contribution in [0.4, 0.5) is 0 Å². The van der Waals surface area contributed by atoms with Crippen LogP contribution >= 0.6 is 0 Å². The first-order chi connectivity index (χ1) is 8.22. The van der Waals surface area contributed by atoms with E-state index in [9.17, 15) is 4.79 Å². The molecule has 1 amide bonds. The van der Waals surface area contributed by atoms with Crippen LogP contribution in [0.2, 0.25) is 0 Å². The number of amides is 1. The Morgan fingerprint density at radius 3 is 2.76 bits per heavy atom. The Kier molecular flexibility index (Phi) is 4.36. The Labute approximate surface area is 102 Å². The van der Waals surface area contributed by atoms with Gasteiger partial charge in [0, 0.05) is 24.6 Å². The molecule has 0 radical (unpaired) electrons. The Bertz CT molecular complexity index is 266. The van der Waals surface area contributed by atoms with Gasteiger partial charge in [-0.2, -0.15) is 0 Å². The fraction of sp³-hybridized carbons (Fsp3) is 0.917. The SMILES string of the molecule is CNC1COCC1C(=O)NC(C)C1CCOC1. The van der Waals surface area contributed by atoms with Gasteiger partial charge in [-0.25, -0.2) is 0 Å². The molecule has 0 bridgehead atoms. The van der Waals surface area contributed by atoms with Crippen molar-refractivity contribution in [2.24, 2.45) is 11.8 Å². The van der Waals surface area contributed by atoms with Crippen molar-refractivity contribution in [1.29, 1.82) is 0 Å². The number of hydrogen-bond acceptors (Lipinski definition) is 4. The topological polar surface area (TPSA) is 59.6 Å². The summed E-state index contributed by atoms with van der Waals surface area (Å²) in [5.74, 6) is 0.486. The highest BCUT2D eigenvalue weighted by Gasteiger charge is 2.34. The number of nitrogens with one attached hydrogen (secondary N) is 2. The van der Waals surface area contributed by atoms with Gasteiger partial charge in [-0.1, -0.05) is 0 Å². The summed E-state index contributed by atoms with van der Waals surface area (Å²) in [6, 6.07) is 0.324. The fourth-order valence-electron chi connectivity index (χ4n) is 2.49. The third kappa shape index (κ3) is 2.97. The van der Waals surface area contributed by atoms with Gasteiger partial charge in [0.1, 0.15) is 0 Å². The Morgan fingerprint density at radius 2 is 2.12 bits per heavy atom. The molecule has 0 aliphatic carbocycles. The summed E-state index contributed by atoms with van der Waals surface area (Å²) in [7, 11) is 1.87. The number of ether oxygens (including phenoxy) is 2. The monoisotopic (exact) mass is 242 g/mol. The summed E-state index contributed by atoms with van der Waals surface area (Å²) in [6.45, 7) is 4.77. The number of carbonyl (C=O) groups is 1. The molecule has 2 rings (SSSR count). The van der Waals surface area contributed by atoms with Crippen LogP contribution in [0.1, 0.15) is 13.3 Å². The van der Waals surface area contributed by atoms with Crippen molar-refractivity contribution in [2.45, 2.75) is 25.4 Å². The molecule has 2 N–H and O–H groups in total. The van der Waals surface area contributed by atoms with Crippen LogP contribution in [-0.4, -0.2) is 51.5 Å². The van der Waals surface area contributed by atoms with Crippen LogP contribution in [0.5, 0.6) is 0 Å². The predicted molar refractivity (Wildman–Crippen MR) is 63.7 cm³/mol. The van der Waals surface area contributed by atoms with E-state index < -0.39 is 0 Å². The normalized spacial score (nSPS) is 34.8. The molecule has 0 aromatic carbocycles. The van der Waals surface area contributed by atoms with Crippen molar-refractivity contribution in [3.63, 3.8) is 0 Å². The number of rotatable bonds is 4. The fourth-order valence-corrected chi connectivity index (χ4v) is 2.49. The summed E-state index contributed by atoms with van der Waals surface area (Å²) in [4.78, 5) is 12.1. The Morgan fingerprint density at radius 1 is 1.29 bits per heavy atom. The van der Waals surface area contributed by atoms with E-state index in [0.29, 0.717) is 19.1 Å². The summed E-state index contributed by atoms with van der Waals surface area (Å²) >= 11 is 0. The Balaban J connectivity index is 1.83. The molecule has 0 aromatic heterocycles. The van der Waals surface area contributed by atoms with Crippen molar-refractivity contribution in [3.05, 3.63) is 0 Å². The van der Waals surface area contributed by atoms with E-state index in [2.05, 4.69) is 17.6 Å².